The molecule has 2 fully saturated rings. The maximum atomic E-state index is 15.5. The Hall–Kier alpha value is -12.0. The third kappa shape index (κ3) is 44.9. The minimum absolute atomic E-state index is 0. The van der Waals surface area contributed by atoms with Crippen molar-refractivity contribution in [1.29, 1.82) is 21.6 Å². The molecule has 2 heterocycles. The first-order chi connectivity index (χ1) is 61.5. The van der Waals surface area contributed by atoms with Crippen LogP contribution in [0.1, 0.15) is 112 Å². The number of phenols is 1. The molecule has 0 radical (unpaired) electrons. The van der Waals surface area contributed by atoms with Crippen molar-refractivity contribution in [2.45, 2.75) is 191 Å². The molecular formula is C78H127ClN30O18S4. The molecule has 13 atom stereocenters. The Morgan fingerprint density at radius 3 is 1.47 bits per heavy atom. The van der Waals surface area contributed by atoms with Gasteiger partial charge in [0.2, 0.25) is 100 Å². The number of hydrogen-bond acceptors (Lipinski definition) is 27. The summed E-state index contributed by atoms with van der Waals surface area (Å²) in [6.45, 7) is 6.89. The minimum atomic E-state index is -1.76. The van der Waals surface area contributed by atoms with Crippen LogP contribution in [0.2, 0.25) is 0 Å². The van der Waals surface area contributed by atoms with Crippen molar-refractivity contribution in [3.8, 4) is 5.75 Å². The molecule has 0 saturated carbocycles. The highest BCUT2D eigenvalue weighted by atomic mass is 35.5. The van der Waals surface area contributed by atoms with Crippen LogP contribution in [0.3, 0.4) is 0 Å². The lowest BCUT2D eigenvalue weighted by atomic mass is 10.0. The third-order valence-corrected chi connectivity index (χ3v) is 24.3. The minimum Gasteiger partial charge on any atom is -1.00 e. The molecule has 2 aromatic carbocycles. The molecule has 37 N–H and O–H groups in total. The predicted molar refractivity (Wildman–Crippen MR) is 491 cm³/mol. The van der Waals surface area contributed by atoms with Crippen molar-refractivity contribution in [2.75, 3.05) is 75.4 Å². The molecule has 2 aromatic rings. The number of rotatable bonds is 39. The number of guanidine groups is 4. The molecule has 2 aliphatic rings. The van der Waals surface area contributed by atoms with Gasteiger partial charge in [0.1, 0.15) is 78.3 Å². The van der Waals surface area contributed by atoms with Crippen LogP contribution in [0, 0.1) is 39.4 Å². The number of hydrogen-bond donors (Lipinski definition) is 31. The fraction of sp³-hybridized carbons (Fsp3) is 0.577. The van der Waals surface area contributed by atoms with Crippen molar-refractivity contribution in [1.82, 2.24) is 106 Å². The number of benzene rings is 2. The molecule has 0 spiro atoms. The first-order valence-electron chi connectivity index (χ1n) is 41.9. The van der Waals surface area contributed by atoms with Crippen molar-refractivity contribution in [2.24, 2.45) is 52.2 Å². The average Bonchev–Trinajstić information content (AvgIpc) is 0.843. The van der Waals surface area contributed by atoms with Crippen molar-refractivity contribution in [3.63, 3.8) is 0 Å². The number of primary amides is 1. The number of phenolic OH excluding ortho intramolecular Hbond substituents is 1. The van der Waals surface area contributed by atoms with E-state index in [1.165, 1.54) is 52.0 Å². The summed E-state index contributed by atoms with van der Waals surface area (Å²) < 4.78 is 0. The van der Waals surface area contributed by atoms with Crippen molar-refractivity contribution < 1.29 is 100 Å². The Kier molecular flexibility index (Phi) is 51.8. The number of fused-ring (bicyclic) bond motifs is 5. The Morgan fingerprint density at radius 2 is 0.931 bits per heavy atom. The number of carbonyl (C=O) groups is 17. The van der Waals surface area contributed by atoms with Gasteiger partial charge in [-0.25, -0.2) is 0 Å². The van der Waals surface area contributed by atoms with Gasteiger partial charge in [0.25, 0.3) is 0 Å². The molecule has 2 bridgehead atoms. The smallest absolute Gasteiger partial charge is 1.00 e. The lowest BCUT2D eigenvalue weighted by Crippen LogP contribution is -3.00. The van der Waals surface area contributed by atoms with Crippen LogP contribution in [0.15, 0.2) is 54.6 Å². The molecule has 4 rings (SSSR count). The lowest BCUT2D eigenvalue weighted by Gasteiger charge is -2.30. The summed E-state index contributed by atoms with van der Waals surface area (Å²) in [5, 5.41) is 92.1. The lowest BCUT2D eigenvalue weighted by molar-refractivity contribution is -0.136. The Bertz CT molecular complexity index is 4260. The molecule has 131 heavy (non-hydrogen) atoms. The third-order valence-electron chi connectivity index (χ3n) is 19.4. The monoisotopic (exact) mass is 1930 g/mol. The number of aromatic hydroxyl groups is 1. The molecule has 17 amide bonds. The van der Waals surface area contributed by atoms with Gasteiger partial charge in [0, 0.05) is 62.0 Å². The largest absolute Gasteiger partial charge is 1.00 e. The van der Waals surface area contributed by atoms with Gasteiger partial charge >= 0.3 is 1.43 Å². The Labute approximate surface area is 781 Å². The van der Waals surface area contributed by atoms with E-state index in [1.807, 2.05) is 0 Å². The Balaban J connectivity index is 0.0000295. The summed E-state index contributed by atoms with van der Waals surface area (Å²) in [4.78, 5) is 245. The fourth-order valence-electron chi connectivity index (χ4n) is 12.4. The van der Waals surface area contributed by atoms with Crippen molar-refractivity contribution >= 4 is 167 Å². The van der Waals surface area contributed by atoms with E-state index in [1.54, 1.807) is 44.2 Å². The summed E-state index contributed by atoms with van der Waals surface area (Å²) in [7, 11) is 3.30. The SMILES string of the molecule is CC(C)C[C@H](NC(=O)CNC(=O)CNC(=O)[C@@H](N)CCNC(=N)N)C(=O)N[C@H]1CSSC[C@@H](C(=O)N[C@H](C(=O)NCC(=O)N[C@@H](CCNC(=N)N)C(N)=O)C(C)C)NC(=O)[C@H](C(C)C)NC(=O)[C@@H]2CSSC[C@H](NC(=O)[C@H](Cc3ccc(O)cc3)NC1=O)C(=O)N[C@@H](CCCCNC(=N)N)C(=O)NCC(=O)N[C@@H](CCCCNC(=N)N)C(=O)N[C@@H](Cc1ccccc1)C(=O)N2.[Cl-].[H+]. The molecule has 0 unspecified atom stereocenters. The van der Waals surface area contributed by atoms with Gasteiger partial charge in [-0.3, -0.25) is 103 Å². The van der Waals surface area contributed by atoms with Gasteiger partial charge in [-0.2, -0.15) is 0 Å². The molecule has 2 aliphatic heterocycles. The topological polar surface area (TPSA) is 803 Å². The van der Waals surface area contributed by atoms with Crippen LogP contribution in [-0.2, 0) is 94.3 Å². The van der Waals surface area contributed by atoms with E-state index in [4.69, 9.17) is 56.0 Å². The van der Waals surface area contributed by atoms with Gasteiger partial charge in [-0.15, -0.1) is 0 Å². The molecule has 48 nitrogen and oxygen atoms in total. The molecule has 53 heteroatoms. The summed E-state index contributed by atoms with van der Waals surface area (Å²) in [5.41, 5.74) is 33.9. The van der Waals surface area contributed by atoms with Crippen LogP contribution < -0.4 is 153 Å². The first kappa shape index (κ1) is 113. The summed E-state index contributed by atoms with van der Waals surface area (Å²) in [6.07, 6.45) is -0.203. The number of carbonyl (C=O) groups excluding carboxylic acids is 17. The zero-order valence-corrected chi connectivity index (χ0v) is 77.6. The fourth-order valence-corrected chi connectivity index (χ4v) is 17.1. The van der Waals surface area contributed by atoms with Crippen molar-refractivity contribution in [3.05, 3.63) is 65.7 Å². The second kappa shape index (κ2) is 60.0. The number of halogens is 1. The van der Waals surface area contributed by atoms with Gasteiger partial charge in [0.05, 0.1) is 32.2 Å². The van der Waals surface area contributed by atoms with Gasteiger partial charge in [-0.1, -0.05) is 127 Å². The highest BCUT2D eigenvalue weighted by Gasteiger charge is 2.39. The van der Waals surface area contributed by atoms with Gasteiger partial charge in [-0.05, 0) is 98.8 Å². The van der Waals surface area contributed by atoms with E-state index in [2.05, 4.69) is 106 Å². The molecule has 728 valence electrons. The van der Waals surface area contributed by atoms with Crippen LogP contribution in [0.4, 0.5) is 0 Å². The average molecular weight is 1940 g/mol. The van der Waals surface area contributed by atoms with Crippen LogP contribution in [0.5, 0.6) is 5.75 Å². The second-order valence-corrected chi connectivity index (χ2v) is 36.6. The van der Waals surface area contributed by atoms with Crippen LogP contribution >= 0.6 is 43.2 Å². The van der Waals surface area contributed by atoms with Gasteiger partial charge in [0.15, 0.2) is 23.8 Å². The van der Waals surface area contributed by atoms with Crippen LogP contribution in [0.25, 0.3) is 0 Å². The van der Waals surface area contributed by atoms with E-state index in [0.717, 1.165) is 43.2 Å². The second-order valence-electron chi connectivity index (χ2n) is 31.4. The normalized spacial score (nSPS) is 20.4. The number of nitrogens with two attached hydrogens (primary N) is 6. The predicted octanol–water partition coefficient (Wildman–Crippen LogP) is -11.4. The van der Waals surface area contributed by atoms with E-state index in [9.17, 15) is 53.1 Å². The highest BCUT2D eigenvalue weighted by Crippen LogP contribution is 2.27. The Morgan fingerprint density at radius 1 is 0.466 bits per heavy atom. The van der Waals surface area contributed by atoms with E-state index in [-0.39, 0.29) is 133 Å². The molecular weight excluding hydrogens is 1810 g/mol. The van der Waals surface area contributed by atoms with E-state index < -0.39 is 252 Å². The summed E-state index contributed by atoms with van der Waals surface area (Å²) in [6, 6.07) is -6.48. The van der Waals surface area contributed by atoms with E-state index >= 15 is 33.6 Å². The standard InChI is InChI=1S/C78H126N30O18S4.ClH/c1-39(2)28-49(99-57(111)32-93-56(110)31-94-63(115)45(79)22-26-91-77(85)86)66(118)103-53-36-128-130-38-55(72(124)107-60(40(3)4)73(125)96-34-58(112)97-46(62(80)114)23-27-92-78(87)88)106-74(126)61(41(5)6)108-71(123)54-37-129-127-35-52(104-68(120)51(102-70(53)122)30-43-18-20-44(109)21-19-43)69(121)100-47(16-10-12-24-89-75(81)82)64(116)95-33-59(113)98-48(17-11-13-25-90-76(83)84)65(117)101-50(67(119)105-54)29-42-14-8-7-9-15-42;/h7-9,14-15,18-21,39-41,45-55,60-61,109H,10-13,16-17,22-38,79H2,1-6H3,(H2,80,114)(H,93,110)(H,94,115)(H,95,116)(H,96,125)(H,97,112)(H,98,113)(H,99,111)(H,100,121)(H,101,117)(H,102,122)(H,103,118)(H,104,120)(H,105,119)(H,106,126)(H,107,124)(H,108,123)(H4,81,82,89)(H4,83,84,90)(H4,85,86,91)(H4,87,88,92);1H/t45-,46-,47-,48-,49-,50-,51-,52-,53-,54-,55-,60-,61-;/m0./s1. The van der Waals surface area contributed by atoms with E-state index in [0.29, 0.717) is 12.0 Å². The zero-order valence-electron chi connectivity index (χ0n) is 74.6. The molecule has 2 saturated heterocycles. The first-order valence-corrected chi connectivity index (χ1v) is 46.9. The quantitative estimate of drug-likeness (QED) is 0.0128. The molecule has 0 aromatic heterocycles. The molecule has 0 aliphatic carbocycles. The maximum absolute atomic E-state index is 15.5. The maximum Gasteiger partial charge on any atom is 1.00 e. The summed E-state index contributed by atoms with van der Waals surface area (Å²) in [5.74, 6) is -22.1. The summed E-state index contributed by atoms with van der Waals surface area (Å²) >= 11 is 0. The van der Waals surface area contributed by atoms with Gasteiger partial charge < -0.3 is 158 Å². The van der Waals surface area contributed by atoms with Crippen LogP contribution in [-0.4, -0.2) is 283 Å². The number of nitrogens with one attached hydrogen (secondary N) is 24. The highest BCUT2D eigenvalue weighted by molar-refractivity contribution is 8.77. The zero-order chi connectivity index (χ0) is 96.7. The number of amides is 17. The number of unbranched alkanes of at least 4 members (excludes halogenated alkanes) is 2.